The Bertz CT molecular complexity index is 518. The van der Waals surface area contributed by atoms with Crippen molar-refractivity contribution >= 4 is 40.5 Å². The fourth-order valence-electron chi connectivity index (χ4n) is 2.26. The first-order chi connectivity index (χ1) is 9.97. The van der Waals surface area contributed by atoms with Gasteiger partial charge in [-0.15, -0.1) is 0 Å². The van der Waals surface area contributed by atoms with Gasteiger partial charge in [0.15, 0.2) is 0 Å². The molecule has 1 saturated heterocycles. The zero-order valence-electron chi connectivity index (χ0n) is 11.9. The molecule has 5 nitrogen and oxygen atoms in total. The zero-order valence-corrected chi connectivity index (χ0v) is 13.4. The first kappa shape index (κ1) is 16.2. The molecule has 0 aromatic heterocycles. The van der Waals surface area contributed by atoms with Crippen LogP contribution < -0.4 is 21.7 Å². The first-order valence-corrected chi connectivity index (χ1v) is 7.75. The van der Waals surface area contributed by atoms with Gasteiger partial charge in [0.05, 0.1) is 21.4 Å². The number of carbonyl (C=O) groups is 1. The Morgan fingerprint density at radius 2 is 2.00 bits per heavy atom. The molecule has 21 heavy (non-hydrogen) atoms. The Morgan fingerprint density at radius 1 is 1.33 bits per heavy atom. The van der Waals surface area contributed by atoms with Gasteiger partial charge in [-0.2, -0.15) is 0 Å². The Hall–Kier alpha value is -1.17. The highest BCUT2D eigenvalue weighted by Crippen LogP contribution is 2.31. The summed E-state index contributed by atoms with van der Waals surface area (Å²) in [5.41, 5.74) is 6.69. The SMILES string of the molecule is CC(Nc1cc(Cl)c(N)cc1Cl)C(=O)NC1CCNCC1. The normalized spacial score (nSPS) is 17.3. The highest BCUT2D eigenvalue weighted by atomic mass is 35.5. The molecular weight excluding hydrogens is 311 g/mol. The lowest BCUT2D eigenvalue weighted by Crippen LogP contribution is -2.47. The van der Waals surface area contributed by atoms with Crippen LogP contribution in [0.5, 0.6) is 0 Å². The van der Waals surface area contributed by atoms with Crippen molar-refractivity contribution < 1.29 is 4.79 Å². The molecule has 1 aromatic rings. The fraction of sp³-hybridized carbons (Fsp3) is 0.500. The molecule has 0 spiro atoms. The van der Waals surface area contributed by atoms with Gasteiger partial charge < -0.3 is 21.7 Å². The standard InChI is InChI=1S/C14H20Cl2N4O/c1-8(14(21)20-9-2-4-18-5-3-9)19-13-7-10(15)12(17)6-11(13)16/h6-9,18-19H,2-5,17H2,1H3,(H,20,21). The summed E-state index contributed by atoms with van der Waals surface area (Å²) in [4.78, 5) is 12.2. The summed E-state index contributed by atoms with van der Waals surface area (Å²) in [7, 11) is 0. The van der Waals surface area contributed by atoms with Gasteiger partial charge >= 0.3 is 0 Å². The molecule has 1 amide bonds. The monoisotopic (exact) mass is 330 g/mol. The number of hydrogen-bond donors (Lipinski definition) is 4. The minimum atomic E-state index is -0.405. The van der Waals surface area contributed by atoms with Crippen molar-refractivity contribution in [2.45, 2.75) is 31.8 Å². The highest BCUT2D eigenvalue weighted by molar-refractivity contribution is 6.37. The van der Waals surface area contributed by atoms with Crippen molar-refractivity contribution in [1.82, 2.24) is 10.6 Å². The van der Waals surface area contributed by atoms with Crippen LogP contribution in [-0.4, -0.2) is 31.1 Å². The van der Waals surface area contributed by atoms with Crippen LogP contribution in [0, 0.1) is 0 Å². The third kappa shape index (κ3) is 4.40. The van der Waals surface area contributed by atoms with E-state index in [2.05, 4.69) is 16.0 Å². The summed E-state index contributed by atoms with van der Waals surface area (Å²) in [6.45, 7) is 3.66. The molecule has 116 valence electrons. The molecule has 5 N–H and O–H groups in total. The van der Waals surface area contributed by atoms with Gasteiger partial charge in [0.2, 0.25) is 5.91 Å². The Morgan fingerprint density at radius 3 is 2.67 bits per heavy atom. The Labute approximate surface area is 134 Å². The van der Waals surface area contributed by atoms with E-state index in [4.69, 9.17) is 28.9 Å². The van der Waals surface area contributed by atoms with E-state index in [1.165, 1.54) is 0 Å². The van der Waals surface area contributed by atoms with E-state index >= 15 is 0 Å². The number of nitrogen functional groups attached to an aromatic ring is 1. The van der Waals surface area contributed by atoms with E-state index < -0.39 is 6.04 Å². The average Bonchev–Trinajstić information content (AvgIpc) is 2.45. The molecule has 2 rings (SSSR count). The van der Waals surface area contributed by atoms with E-state index in [1.54, 1.807) is 19.1 Å². The minimum Gasteiger partial charge on any atom is -0.397 e. The molecule has 1 heterocycles. The summed E-state index contributed by atoms with van der Waals surface area (Å²) in [5.74, 6) is -0.0501. The van der Waals surface area contributed by atoms with Crippen molar-refractivity contribution in [2.75, 3.05) is 24.1 Å². The lowest BCUT2D eigenvalue weighted by molar-refractivity contribution is -0.122. The molecule has 1 unspecified atom stereocenters. The predicted molar refractivity (Wildman–Crippen MR) is 88.0 cm³/mol. The second-order valence-electron chi connectivity index (χ2n) is 5.25. The molecule has 1 aromatic carbocycles. The number of rotatable bonds is 4. The molecular formula is C14H20Cl2N4O. The van der Waals surface area contributed by atoms with Crippen molar-refractivity contribution in [1.29, 1.82) is 0 Å². The van der Waals surface area contributed by atoms with E-state index in [-0.39, 0.29) is 11.9 Å². The lowest BCUT2D eigenvalue weighted by Gasteiger charge is -2.26. The number of carbonyl (C=O) groups excluding carboxylic acids is 1. The minimum absolute atomic E-state index is 0.0501. The third-order valence-electron chi connectivity index (χ3n) is 3.54. The van der Waals surface area contributed by atoms with Crippen LogP contribution in [0.4, 0.5) is 11.4 Å². The number of piperidine rings is 1. The summed E-state index contributed by atoms with van der Waals surface area (Å²) in [6.07, 6.45) is 1.90. The van der Waals surface area contributed by atoms with Crippen LogP contribution in [0.25, 0.3) is 0 Å². The van der Waals surface area contributed by atoms with Gasteiger partial charge in [-0.25, -0.2) is 0 Å². The van der Waals surface area contributed by atoms with Gasteiger partial charge in [-0.3, -0.25) is 4.79 Å². The number of halogens is 2. The van der Waals surface area contributed by atoms with Crippen LogP contribution in [0.2, 0.25) is 10.0 Å². The van der Waals surface area contributed by atoms with E-state index in [1.807, 2.05) is 0 Å². The number of nitrogens with two attached hydrogens (primary N) is 1. The molecule has 1 aliphatic rings. The van der Waals surface area contributed by atoms with Crippen LogP contribution in [-0.2, 0) is 4.79 Å². The molecule has 1 atom stereocenters. The molecule has 0 saturated carbocycles. The van der Waals surface area contributed by atoms with Crippen molar-refractivity contribution in [3.63, 3.8) is 0 Å². The average molecular weight is 331 g/mol. The topological polar surface area (TPSA) is 79.2 Å². The van der Waals surface area contributed by atoms with Crippen LogP contribution in [0.3, 0.4) is 0 Å². The second-order valence-corrected chi connectivity index (χ2v) is 6.07. The summed E-state index contributed by atoms with van der Waals surface area (Å²) in [6, 6.07) is 3.03. The quantitative estimate of drug-likeness (QED) is 0.638. The zero-order chi connectivity index (χ0) is 15.4. The molecule has 1 aliphatic heterocycles. The third-order valence-corrected chi connectivity index (χ3v) is 4.18. The van der Waals surface area contributed by atoms with Crippen LogP contribution in [0.15, 0.2) is 12.1 Å². The van der Waals surface area contributed by atoms with Crippen molar-refractivity contribution in [3.05, 3.63) is 22.2 Å². The molecule has 1 fully saturated rings. The van der Waals surface area contributed by atoms with Crippen molar-refractivity contribution in [2.24, 2.45) is 0 Å². The molecule has 7 heteroatoms. The van der Waals surface area contributed by atoms with E-state index in [9.17, 15) is 4.79 Å². The maximum atomic E-state index is 12.2. The molecule has 0 radical (unpaired) electrons. The largest absolute Gasteiger partial charge is 0.397 e. The summed E-state index contributed by atoms with van der Waals surface area (Å²) in [5, 5.41) is 10.2. The van der Waals surface area contributed by atoms with Gasteiger partial charge in [0.25, 0.3) is 0 Å². The van der Waals surface area contributed by atoms with Crippen LogP contribution in [0.1, 0.15) is 19.8 Å². The maximum absolute atomic E-state index is 12.2. The second kappa shape index (κ2) is 7.20. The lowest BCUT2D eigenvalue weighted by atomic mass is 10.1. The first-order valence-electron chi connectivity index (χ1n) is 6.99. The smallest absolute Gasteiger partial charge is 0.242 e. The molecule has 0 aliphatic carbocycles. The number of hydrogen-bond acceptors (Lipinski definition) is 4. The van der Waals surface area contributed by atoms with Crippen molar-refractivity contribution in [3.8, 4) is 0 Å². The Balaban J connectivity index is 1.95. The highest BCUT2D eigenvalue weighted by Gasteiger charge is 2.20. The predicted octanol–water partition coefficient (Wildman–Crippen LogP) is 2.24. The van der Waals surface area contributed by atoms with Crippen LogP contribution >= 0.6 is 23.2 Å². The Kier molecular flexibility index (Phi) is 5.56. The summed E-state index contributed by atoms with van der Waals surface area (Å²) >= 11 is 12.1. The van der Waals surface area contributed by atoms with Gasteiger partial charge in [-0.05, 0) is 45.0 Å². The van der Waals surface area contributed by atoms with E-state index in [0.29, 0.717) is 21.4 Å². The fourth-order valence-corrected chi connectivity index (χ4v) is 2.65. The number of benzene rings is 1. The number of nitrogens with one attached hydrogen (secondary N) is 3. The molecule has 0 bridgehead atoms. The number of amides is 1. The van der Waals surface area contributed by atoms with Gasteiger partial charge in [0.1, 0.15) is 6.04 Å². The number of anilines is 2. The van der Waals surface area contributed by atoms with Gasteiger partial charge in [0, 0.05) is 6.04 Å². The van der Waals surface area contributed by atoms with Gasteiger partial charge in [-0.1, -0.05) is 23.2 Å². The summed E-state index contributed by atoms with van der Waals surface area (Å²) < 4.78 is 0. The van der Waals surface area contributed by atoms with E-state index in [0.717, 1.165) is 25.9 Å². The maximum Gasteiger partial charge on any atom is 0.242 e.